The average molecular weight is 419 g/mol. The summed E-state index contributed by atoms with van der Waals surface area (Å²) in [4.78, 5) is 43.7. The number of nitrogens with zero attached hydrogens (tertiary/aromatic N) is 2. The summed E-state index contributed by atoms with van der Waals surface area (Å²) in [6.45, 7) is 2.22. The lowest BCUT2D eigenvalue weighted by Gasteiger charge is -2.26. The number of aliphatic hydroxyl groups is 1. The van der Waals surface area contributed by atoms with E-state index in [1.54, 1.807) is 13.0 Å². The molecule has 0 unspecified atom stereocenters. The Hall–Kier alpha value is -3.52. The van der Waals surface area contributed by atoms with Gasteiger partial charge in [0.2, 0.25) is 5.60 Å². The standard InChI is InChI=1S/C23H21N3O5/c1-2-23(22(30)24-8-5-9-27)15-11-17-19-14(10-13-6-3-4-7-16(13)25-19)12-26(17)20(28)18(15)21(29)31-23/h3-4,6-7,10-11,27H,2,5,8-9,12H2,1H3,(H,24,30)/t23-/m1/s1. The first kappa shape index (κ1) is 19.4. The van der Waals surface area contributed by atoms with E-state index >= 15 is 0 Å². The summed E-state index contributed by atoms with van der Waals surface area (Å²) < 4.78 is 7.05. The Labute approximate surface area is 177 Å². The number of rotatable bonds is 5. The monoisotopic (exact) mass is 419 g/mol. The van der Waals surface area contributed by atoms with E-state index in [2.05, 4.69) is 5.32 Å². The summed E-state index contributed by atoms with van der Waals surface area (Å²) in [5, 5.41) is 12.7. The smallest absolute Gasteiger partial charge is 0.345 e. The van der Waals surface area contributed by atoms with Crippen molar-refractivity contribution >= 4 is 22.8 Å². The Morgan fingerprint density at radius 2 is 2.10 bits per heavy atom. The molecule has 2 aromatic heterocycles. The summed E-state index contributed by atoms with van der Waals surface area (Å²) in [6.07, 6.45) is 0.557. The third kappa shape index (κ3) is 2.71. The van der Waals surface area contributed by atoms with Gasteiger partial charge in [-0.3, -0.25) is 9.59 Å². The highest BCUT2D eigenvalue weighted by Gasteiger charge is 2.52. The van der Waals surface area contributed by atoms with E-state index in [1.165, 1.54) is 4.57 Å². The number of pyridine rings is 2. The van der Waals surface area contributed by atoms with Crippen LogP contribution in [0.5, 0.6) is 0 Å². The Balaban J connectivity index is 1.68. The quantitative estimate of drug-likeness (QED) is 0.376. The van der Waals surface area contributed by atoms with Gasteiger partial charge in [-0.1, -0.05) is 25.1 Å². The van der Waals surface area contributed by atoms with E-state index in [0.717, 1.165) is 16.5 Å². The highest BCUT2D eigenvalue weighted by molar-refractivity contribution is 6.02. The van der Waals surface area contributed by atoms with Gasteiger partial charge >= 0.3 is 5.97 Å². The fraction of sp³-hybridized carbons (Fsp3) is 0.304. The molecule has 1 atom stereocenters. The molecule has 0 saturated heterocycles. The molecule has 2 aliphatic rings. The summed E-state index contributed by atoms with van der Waals surface area (Å²) >= 11 is 0. The number of aliphatic hydroxyl groups excluding tert-OH is 1. The average Bonchev–Trinajstić information content (AvgIpc) is 3.28. The molecule has 0 radical (unpaired) electrons. The van der Waals surface area contributed by atoms with Gasteiger partial charge in [-0.15, -0.1) is 0 Å². The number of carbonyl (C=O) groups excluding carboxylic acids is 2. The Morgan fingerprint density at radius 3 is 2.87 bits per heavy atom. The topological polar surface area (TPSA) is 111 Å². The number of para-hydroxylation sites is 1. The Morgan fingerprint density at radius 1 is 1.29 bits per heavy atom. The van der Waals surface area contributed by atoms with E-state index in [4.69, 9.17) is 14.8 Å². The van der Waals surface area contributed by atoms with E-state index in [0.29, 0.717) is 24.4 Å². The van der Waals surface area contributed by atoms with Crippen LogP contribution in [0.3, 0.4) is 0 Å². The maximum Gasteiger partial charge on any atom is 0.345 e. The van der Waals surface area contributed by atoms with E-state index < -0.39 is 23.0 Å². The molecule has 2 aliphatic heterocycles. The van der Waals surface area contributed by atoms with Crippen LogP contribution in [0.25, 0.3) is 22.3 Å². The number of fused-ring (bicyclic) bond motifs is 5. The number of ether oxygens (including phenoxy) is 1. The zero-order valence-electron chi connectivity index (χ0n) is 17.0. The van der Waals surface area contributed by atoms with Gasteiger partial charge in [0.1, 0.15) is 5.56 Å². The lowest BCUT2D eigenvalue weighted by Crippen LogP contribution is -2.45. The number of benzene rings is 1. The van der Waals surface area contributed by atoms with Gasteiger partial charge in [0.05, 0.1) is 23.4 Å². The van der Waals surface area contributed by atoms with Crippen LogP contribution in [0.4, 0.5) is 0 Å². The largest absolute Gasteiger partial charge is 0.440 e. The van der Waals surface area contributed by atoms with Crippen molar-refractivity contribution in [1.82, 2.24) is 14.9 Å². The lowest BCUT2D eigenvalue weighted by atomic mass is 9.88. The molecule has 1 amide bonds. The van der Waals surface area contributed by atoms with Crippen molar-refractivity contribution in [3.63, 3.8) is 0 Å². The molecular formula is C23H21N3O5. The molecule has 5 rings (SSSR count). The summed E-state index contributed by atoms with van der Waals surface area (Å²) in [7, 11) is 0. The maximum absolute atomic E-state index is 13.3. The number of carbonyl (C=O) groups is 2. The maximum atomic E-state index is 13.3. The van der Waals surface area contributed by atoms with Gasteiger partial charge in [-0.25, -0.2) is 9.78 Å². The second kappa shape index (κ2) is 7.02. The molecule has 1 aromatic carbocycles. The number of nitrogens with one attached hydrogen (secondary N) is 1. The molecule has 8 heteroatoms. The number of amides is 1. The first-order valence-electron chi connectivity index (χ1n) is 10.3. The number of cyclic esters (lactones) is 1. The molecule has 31 heavy (non-hydrogen) atoms. The van der Waals surface area contributed by atoms with E-state index in [9.17, 15) is 14.4 Å². The van der Waals surface area contributed by atoms with Crippen molar-refractivity contribution in [1.29, 1.82) is 0 Å². The van der Waals surface area contributed by atoms with Crippen LogP contribution in [-0.4, -0.2) is 39.7 Å². The van der Waals surface area contributed by atoms with Gasteiger partial charge in [-0.2, -0.15) is 0 Å². The SMILES string of the molecule is CC[C@@]1(C(=O)NCCCO)OC(=O)c2c1cc1n(c2=O)Cc2cc3ccccc3nc2-1. The minimum absolute atomic E-state index is 0.0684. The van der Waals surface area contributed by atoms with Crippen molar-refractivity contribution in [2.24, 2.45) is 0 Å². The summed E-state index contributed by atoms with van der Waals surface area (Å²) in [5.74, 6) is -1.28. The second-order valence-corrected chi connectivity index (χ2v) is 7.80. The number of hydrogen-bond donors (Lipinski definition) is 2. The normalized spacial score (nSPS) is 18.5. The highest BCUT2D eigenvalue weighted by atomic mass is 16.6. The molecule has 3 aromatic rings. The first-order valence-corrected chi connectivity index (χ1v) is 10.3. The van der Waals surface area contributed by atoms with Crippen LogP contribution in [0, 0.1) is 0 Å². The molecule has 0 aliphatic carbocycles. The van der Waals surface area contributed by atoms with E-state index in [-0.39, 0.29) is 30.7 Å². The fourth-order valence-corrected chi connectivity index (χ4v) is 4.47. The van der Waals surface area contributed by atoms with Crippen molar-refractivity contribution in [3.8, 4) is 11.4 Å². The highest BCUT2D eigenvalue weighted by Crippen LogP contribution is 2.42. The molecule has 0 saturated carbocycles. The molecule has 8 nitrogen and oxygen atoms in total. The van der Waals surface area contributed by atoms with Gasteiger partial charge in [0.25, 0.3) is 11.5 Å². The molecule has 4 heterocycles. The van der Waals surface area contributed by atoms with Gasteiger partial charge < -0.3 is 19.7 Å². The predicted octanol–water partition coefficient (Wildman–Crippen LogP) is 1.70. The molecule has 158 valence electrons. The van der Waals surface area contributed by atoms with Crippen molar-refractivity contribution < 1.29 is 19.4 Å². The summed E-state index contributed by atoms with van der Waals surface area (Å²) in [5.41, 5.74) is 1.07. The lowest BCUT2D eigenvalue weighted by molar-refractivity contribution is -0.140. The zero-order chi connectivity index (χ0) is 21.8. The second-order valence-electron chi connectivity index (χ2n) is 7.80. The van der Waals surface area contributed by atoms with Gasteiger partial charge in [-0.05, 0) is 31.0 Å². The Bertz CT molecular complexity index is 1310. The molecule has 0 spiro atoms. The summed E-state index contributed by atoms with van der Waals surface area (Å²) in [6, 6.07) is 11.4. The third-order valence-electron chi connectivity index (χ3n) is 6.07. The van der Waals surface area contributed by atoms with Crippen LogP contribution in [0.2, 0.25) is 0 Å². The predicted molar refractivity (Wildman–Crippen MR) is 113 cm³/mol. The van der Waals surface area contributed by atoms with Crippen LogP contribution >= 0.6 is 0 Å². The molecule has 2 N–H and O–H groups in total. The minimum Gasteiger partial charge on any atom is -0.440 e. The molecular weight excluding hydrogens is 398 g/mol. The number of esters is 1. The molecule has 0 fully saturated rings. The van der Waals surface area contributed by atoms with Crippen LogP contribution in [0.1, 0.15) is 41.3 Å². The zero-order valence-corrected chi connectivity index (χ0v) is 17.0. The Kier molecular flexibility index (Phi) is 4.40. The third-order valence-corrected chi connectivity index (χ3v) is 6.07. The van der Waals surface area contributed by atoms with Crippen molar-refractivity contribution in [2.45, 2.75) is 31.9 Å². The van der Waals surface area contributed by atoms with Crippen LogP contribution in [0.15, 0.2) is 41.2 Å². The van der Waals surface area contributed by atoms with E-state index in [1.807, 2.05) is 30.3 Å². The van der Waals surface area contributed by atoms with Crippen molar-refractivity contribution in [3.05, 3.63) is 63.4 Å². The molecule has 0 bridgehead atoms. The van der Waals surface area contributed by atoms with Gasteiger partial charge in [0, 0.05) is 29.7 Å². The fourth-order valence-electron chi connectivity index (χ4n) is 4.47. The van der Waals surface area contributed by atoms with Crippen LogP contribution < -0.4 is 10.9 Å². The van der Waals surface area contributed by atoms with Crippen molar-refractivity contribution in [2.75, 3.05) is 13.2 Å². The van der Waals surface area contributed by atoms with Gasteiger partial charge in [0.15, 0.2) is 0 Å². The first-order chi connectivity index (χ1) is 15.0. The minimum atomic E-state index is -1.57. The number of aromatic nitrogens is 2. The van der Waals surface area contributed by atoms with Crippen LogP contribution in [-0.2, 0) is 21.7 Å². The number of hydrogen-bond acceptors (Lipinski definition) is 6.